The van der Waals surface area contributed by atoms with Gasteiger partial charge in [0.25, 0.3) is 0 Å². The van der Waals surface area contributed by atoms with Crippen molar-refractivity contribution in [1.82, 2.24) is 0 Å². The average molecular weight is 229 g/mol. The normalized spacial score (nSPS) is 20.1. The second-order valence-corrected chi connectivity index (χ2v) is 4.77. The maximum absolute atomic E-state index is 9.39. The minimum absolute atomic E-state index is 0.105. The smallest absolute Gasteiger partial charge is 0.122 e. The Kier molecular flexibility index (Phi) is 2.29. The zero-order valence-electron chi connectivity index (χ0n) is 7.27. The second kappa shape index (κ2) is 3.33. The maximum Gasteiger partial charge on any atom is 0.122 e. The van der Waals surface area contributed by atoms with Crippen molar-refractivity contribution in [1.29, 1.82) is 0 Å². The van der Waals surface area contributed by atoms with Crippen molar-refractivity contribution in [2.75, 3.05) is 0 Å². The van der Waals surface area contributed by atoms with Crippen LogP contribution in [0.3, 0.4) is 0 Å². The van der Waals surface area contributed by atoms with Crippen molar-refractivity contribution in [3.63, 3.8) is 0 Å². The van der Waals surface area contributed by atoms with Gasteiger partial charge in [-0.3, -0.25) is 0 Å². The summed E-state index contributed by atoms with van der Waals surface area (Å²) < 4.78 is 0. The van der Waals surface area contributed by atoms with E-state index in [1.165, 1.54) is 11.3 Å². The first kappa shape index (κ1) is 9.62. The third-order valence-corrected chi connectivity index (χ3v) is 3.57. The van der Waals surface area contributed by atoms with Crippen molar-refractivity contribution in [3.05, 3.63) is 46.1 Å². The van der Waals surface area contributed by atoms with Gasteiger partial charge in [-0.15, -0.1) is 22.9 Å². The minimum atomic E-state index is -0.888. The molecule has 0 aromatic carbocycles. The van der Waals surface area contributed by atoms with Crippen LogP contribution in [0.15, 0.2) is 41.2 Å². The van der Waals surface area contributed by atoms with E-state index in [1.54, 1.807) is 12.2 Å². The quantitative estimate of drug-likeness (QED) is 0.723. The average Bonchev–Trinajstić information content (AvgIpc) is 2.52. The zero-order chi connectivity index (χ0) is 10.2. The third-order valence-electron chi connectivity index (χ3n) is 2.01. The molecule has 0 fully saturated rings. The molecule has 1 aliphatic rings. The first-order valence-corrected chi connectivity index (χ1v) is 5.40. The SMILES string of the molecule is OC1=CC(Cl)(c2cccs2)C=C(O)C1. The summed E-state index contributed by atoms with van der Waals surface area (Å²) in [5.74, 6) is 0.210. The highest BCUT2D eigenvalue weighted by molar-refractivity contribution is 7.10. The predicted octanol–water partition coefficient (Wildman–Crippen LogP) is 3.47. The van der Waals surface area contributed by atoms with Crippen LogP contribution in [0.5, 0.6) is 0 Å². The van der Waals surface area contributed by atoms with E-state index in [4.69, 9.17) is 11.6 Å². The van der Waals surface area contributed by atoms with E-state index >= 15 is 0 Å². The Balaban J connectivity index is 2.45. The molecule has 1 heterocycles. The molecule has 0 bridgehead atoms. The van der Waals surface area contributed by atoms with Crippen LogP contribution in [-0.4, -0.2) is 10.2 Å². The topological polar surface area (TPSA) is 40.5 Å². The van der Waals surface area contributed by atoms with Gasteiger partial charge in [-0.2, -0.15) is 0 Å². The van der Waals surface area contributed by atoms with Crippen LogP contribution >= 0.6 is 22.9 Å². The van der Waals surface area contributed by atoms with E-state index in [1.807, 2.05) is 17.5 Å². The van der Waals surface area contributed by atoms with Crippen LogP contribution in [0, 0.1) is 0 Å². The van der Waals surface area contributed by atoms with Gasteiger partial charge in [0, 0.05) is 4.88 Å². The molecule has 0 saturated carbocycles. The molecule has 1 aromatic rings. The molecule has 0 amide bonds. The molecule has 2 nitrogen and oxygen atoms in total. The van der Waals surface area contributed by atoms with Gasteiger partial charge in [-0.25, -0.2) is 0 Å². The van der Waals surface area contributed by atoms with Crippen molar-refractivity contribution in [3.8, 4) is 0 Å². The van der Waals surface area contributed by atoms with Crippen molar-refractivity contribution in [2.24, 2.45) is 0 Å². The number of hydrogen-bond acceptors (Lipinski definition) is 3. The fourth-order valence-corrected chi connectivity index (χ4v) is 2.66. The Hall–Kier alpha value is -0.930. The number of allylic oxidation sites excluding steroid dienone is 2. The lowest BCUT2D eigenvalue weighted by Gasteiger charge is -2.22. The number of aliphatic hydroxyl groups is 2. The number of rotatable bonds is 1. The number of halogens is 1. The van der Waals surface area contributed by atoms with E-state index in [0.717, 1.165) is 4.88 Å². The molecule has 0 unspecified atom stereocenters. The van der Waals surface area contributed by atoms with E-state index in [-0.39, 0.29) is 17.9 Å². The molecule has 0 aliphatic heterocycles. The molecule has 0 saturated heterocycles. The third kappa shape index (κ3) is 1.65. The monoisotopic (exact) mass is 228 g/mol. The Morgan fingerprint density at radius 1 is 1.29 bits per heavy atom. The molecule has 1 aliphatic carbocycles. The van der Waals surface area contributed by atoms with Gasteiger partial charge < -0.3 is 10.2 Å². The standard InChI is InChI=1S/C10H9ClO2S/c11-10(9-2-1-3-14-9)5-7(12)4-8(13)6-10/h1-3,5-6,12-13H,4H2. The van der Waals surface area contributed by atoms with E-state index in [2.05, 4.69) is 0 Å². The van der Waals surface area contributed by atoms with Crippen molar-refractivity contribution >= 4 is 22.9 Å². The summed E-state index contributed by atoms with van der Waals surface area (Å²) in [7, 11) is 0. The molecule has 1 aromatic heterocycles. The fraction of sp³-hybridized carbons (Fsp3) is 0.200. The van der Waals surface area contributed by atoms with Gasteiger partial charge in [0.1, 0.15) is 4.87 Å². The van der Waals surface area contributed by atoms with Crippen LogP contribution in [-0.2, 0) is 4.87 Å². The number of hydrogen-bond donors (Lipinski definition) is 2. The Morgan fingerprint density at radius 3 is 2.43 bits per heavy atom. The van der Waals surface area contributed by atoms with Crippen LogP contribution in [0.4, 0.5) is 0 Å². The Bertz CT molecular complexity index is 374. The lowest BCUT2D eigenvalue weighted by molar-refractivity contribution is 0.329. The summed E-state index contributed by atoms with van der Waals surface area (Å²) in [5, 5.41) is 20.7. The molecule has 4 heteroatoms. The van der Waals surface area contributed by atoms with E-state index in [9.17, 15) is 10.2 Å². The predicted molar refractivity (Wildman–Crippen MR) is 57.9 cm³/mol. The van der Waals surface area contributed by atoms with Crippen LogP contribution < -0.4 is 0 Å². The molecule has 14 heavy (non-hydrogen) atoms. The van der Waals surface area contributed by atoms with E-state index in [0.29, 0.717) is 0 Å². The van der Waals surface area contributed by atoms with Crippen LogP contribution in [0.2, 0.25) is 0 Å². The Labute approximate surface area is 90.8 Å². The molecule has 0 spiro atoms. The molecule has 0 atom stereocenters. The van der Waals surface area contributed by atoms with Gasteiger partial charge in [0.15, 0.2) is 0 Å². The lowest BCUT2D eigenvalue weighted by Crippen LogP contribution is -2.16. The lowest BCUT2D eigenvalue weighted by atomic mass is 9.98. The van der Waals surface area contributed by atoms with Crippen LogP contribution in [0.1, 0.15) is 11.3 Å². The highest BCUT2D eigenvalue weighted by Gasteiger charge is 2.30. The maximum atomic E-state index is 9.39. The van der Waals surface area contributed by atoms with Crippen molar-refractivity contribution in [2.45, 2.75) is 11.3 Å². The summed E-state index contributed by atoms with van der Waals surface area (Å²) in [5.41, 5.74) is 0. The molecule has 2 rings (SSSR count). The van der Waals surface area contributed by atoms with Gasteiger partial charge >= 0.3 is 0 Å². The van der Waals surface area contributed by atoms with Crippen molar-refractivity contribution < 1.29 is 10.2 Å². The number of aliphatic hydroxyl groups excluding tert-OH is 2. The van der Waals surface area contributed by atoms with E-state index < -0.39 is 4.87 Å². The highest BCUT2D eigenvalue weighted by Crippen LogP contribution is 2.40. The molecular weight excluding hydrogens is 220 g/mol. The molecular formula is C10H9ClO2S. The number of thiophene rings is 1. The number of alkyl halides is 1. The summed E-state index contributed by atoms with van der Waals surface area (Å²) in [6.07, 6.45) is 3.28. The summed E-state index contributed by atoms with van der Waals surface area (Å²) in [6.45, 7) is 0. The minimum Gasteiger partial charge on any atom is -0.512 e. The zero-order valence-corrected chi connectivity index (χ0v) is 8.85. The fourth-order valence-electron chi connectivity index (χ4n) is 1.45. The first-order valence-electron chi connectivity index (χ1n) is 4.14. The van der Waals surface area contributed by atoms with Crippen LogP contribution in [0.25, 0.3) is 0 Å². The second-order valence-electron chi connectivity index (χ2n) is 3.19. The molecule has 74 valence electrons. The largest absolute Gasteiger partial charge is 0.512 e. The Morgan fingerprint density at radius 2 is 1.93 bits per heavy atom. The summed E-state index contributed by atoms with van der Waals surface area (Å²) in [6, 6.07) is 3.76. The first-order chi connectivity index (χ1) is 6.60. The van der Waals surface area contributed by atoms with Gasteiger partial charge in [0.05, 0.1) is 17.9 Å². The summed E-state index contributed by atoms with van der Waals surface area (Å²) in [4.78, 5) is -0.00223. The highest BCUT2D eigenvalue weighted by atomic mass is 35.5. The molecule has 2 N–H and O–H groups in total. The molecule has 0 radical (unpaired) electrons. The van der Waals surface area contributed by atoms with Gasteiger partial charge in [-0.1, -0.05) is 6.07 Å². The summed E-state index contributed by atoms with van der Waals surface area (Å²) >= 11 is 7.76. The van der Waals surface area contributed by atoms with Gasteiger partial charge in [0.2, 0.25) is 0 Å². The van der Waals surface area contributed by atoms with Gasteiger partial charge in [-0.05, 0) is 23.6 Å².